The van der Waals surface area contributed by atoms with Gasteiger partial charge >= 0.3 is 0 Å². The standard InChI is InChI=1S/C19H17BrN4O5S/c1-12-10-14(20)5-8-16(12)29-11-18(26)22-23-19(30)21-17(25)9-4-13-2-6-15(7-3-13)24(27)28/h2-10H,11H2,1H3,(H,22,26)(H2,21,23,25,30)/b9-4+. The summed E-state index contributed by atoms with van der Waals surface area (Å²) in [5, 5.41) is 12.9. The lowest BCUT2D eigenvalue weighted by atomic mass is 10.2. The van der Waals surface area contributed by atoms with E-state index in [0.29, 0.717) is 11.3 Å². The number of rotatable bonds is 6. The largest absolute Gasteiger partial charge is 0.483 e. The van der Waals surface area contributed by atoms with Gasteiger partial charge in [-0.2, -0.15) is 0 Å². The first-order valence-electron chi connectivity index (χ1n) is 8.46. The number of carbonyl (C=O) groups is 2. The summed E-state index contributed by atoms with van der Waals surface area (Å²) >= 11 is 8.27. The van der Waals surface area contributed by atoms with Crippen LogP contribution in [0.5, 0.6) is 5.75 Å². The third-order valence-electron chi connectivity index (χ3n) is 3.58. The number of amides is 2. The number of nitro benzene ring substituents is 1. The van der Waals surface area contributed by atoms with Crippen LogP contribution in [0.2, 0.25) is 0 Å². The number of ether oxygens (including phenoxy) is 1. The highest BCUT2D eigenvalue weighted by molar-refractivity contribution is 9.10. The van der Waals surface area contributed by atoms with Gasteiger partial charge in [-0.1, -0.05) is 15.9 Å². The van der Waals surface area contributed by atoms with Crippen molar-refractivity contribution in [3.8, 4) is 5.75 Å². The summed E-state index contributed by atoms with van der Waals surface area (Å²) in [4.78, 5) is 33.8. The SMILES string of the molecule is Cc1cc(Br)ccc1OCC(=O)NNC(=S)NC(=O)/C=C/c1ccc([N+](=O)[O-])cc1. The zero-order chi connectivity index (χ0) is 22.1. The lowest BCUT2D eigenvalue weighted by Crippen LogP contribution is -2.49. The lowest BCUT2D eigenvalue weighted by molar-refractivity contribution is -0.384. The number of halogens is 1. The summed E-state index contributed by atoms with van der Waals surface area (Å²) in [6.07, 6.45) is 2.67. The van der Waals surface area contributed by atoms with Gasteiger partial charge in [-0.3, -0.25) is 35.9 Å². The Morgan fingerprint density at radius 3 is 2.53 bits per heavy atom. The van der Waals surface area contributed by atoms with Crippen molar-refractivity contribution in [2.75, 3.05) is 6.61 Å². The van der Waals surface area contributed by atoms with E-state index in [1.54, 1.807) is 12.1 Å². The van der Waals surface area contributed by atoms with Crippen LogP contribution >= 0.6 is 28.1 Å². The molecular weight excluding hydrogens is 476 g/mol. The maximum atomic E-state index is 11.8. The molecule has 0 radical (unpaired) electrons. The van der Waals surface area contributed by atoms with E-state index in [0.717, 1.165) is 10.0 Å². The summed E-state index contributed by atoms with van der Waals surface area (Å²) in [6.45, 7) is 1.61. The minimum absolute atomic E-state index is 0.0444. The van der Waals surface area contributed by atoms with E-state index < -0.39 is 16.7 Å². The van der Waals surface area contributed by atoms with E-state index in [1.165, 1.54) is 36.4 Å². The van der Waals surface area contributed by atoms with Crippen LogP contribution in [-0.4, -0.2) is 28.5 Å². The normalized spacial score (nSPS) is 10.3. The first kappa shape index (κ1) is 23.0. The molecule has 0 saturated heterocycles. The molecule has 0 aliphatic rings. The highest BCUT2D eigenvalue weighted by atomic mass is 79.9. The second-order valence-corrected chi connectivity index (χ2v) is 7.20. The van der Waals surface area contributed by atoms with Crippen LogP contribution in [0.4, 0.5) is 5.69 Å². The molecule has 0 aliphatic heterocycles. The van der Waals surface area contributed by atoms with Gasteiger partial charge in [-0.25, -0.2) is 0 Å². The van der Waals surface area contributed by atoms with Crippen LogP contribution in [0.25, 0.3) is 6.08 Å². The fourth-order valence-corrected chi connectivity index (χ4v) is 2.77. The van der Waals surface area contributed by atoms with Gasteiger partial charge in [0.05, 0.1) is 4.92 Å². The molecule has 2 amide bonds. The first-order valence-corrected chi connectivity index (χ1v) is 9.66. The Morgan fingerprint density at radius 1 is 1.20 bits per heavy atom. The number of hydrogen-bond donors (Lipinski definition) is 3. The number of non-ortho nitro benzene ring substituents is 1. The Bertz CT molecular complexity index is 995. The Labute approximate surface area is 185 Å². The smallest absolute Gasteiger partial charge is 0.276 e. The molecule has 0 bridgehead atoms. The quantitative estimate of drug-likeness (QED) is 0.245. The molecule has 0 fully saturated rings. The summed E-state index contributed by atoms with van der Waals surface area (Å²) in [7, 11) is 0. The Balaban J connectivity index is 1.73. The van der Waals surface area contributed by atoms with E-state index in [4.69, 9.17) is 17.0 Å². The number of hydrazine groups is 1. The topological polar surface area (TPSA) is 123 Å². The van der Waals surface area contributed by atoms with Crippen LogP contribution in [0.3, 0.4) is 0 Å². The molecule has 0 atom stereocenters. The predicted molar refractivity (Wildman–Crippen MR) is 119 cm³/mol. The molecule has 0 heterocycles. The maximum absolute atomic E-state index is 11.8. The second kappa shape index (κ2) is 11.0. The molecule has 2 aromatic rings. The van der Waals surface area contributed by atoms with Gasteiger partial charge in [0.15, 0.2) is 11.7 Å². The Kier molecular flexibility index (Phi) is 8.44. The van der Waals surface area contributed by atoms with Crippen LogP contribution in [0.1, 0.15) is 11.1 Å². The van der Waals surface area contributed by atoms with Crippen LogP contribution < -0.4 is 20.9 Å². The van der Waals surface area contributed by atoms with E-state index in [9.17, 15) is 19.7 Å². The molecule has 0 aromatic heterocycles. The van der Waals surface area contributed by atoms with Gasteiger partial charge < -0.3 is 4.74 Å². The van der Waals surface area contributed by atoms with Crippen molar-refractivity contribution in [3.05, 3.63) is 74.3 Å². The molecule has 0 aliphatic carbocycles. The zero-order valence-corrected chi connectivity index (χ0v) is 18.1. The minimum Gasteiger partial charge on any atom is -0.483 e. The number of benzene rings is 2. The fraction of sp³-hybridized carbons (Fsp3) is 0.105. The van der Waals surface area contributed by atoms with Crippen molar-refractivity contribution in [1.29, 1.82) is 0 Å². The summed E-state index contributed by atoms with van der Waals surface area (Å²) in [5.74, 6) is -0.460. The Morgan fingerprint density at radius 2 is 1.90 bits per heavy atom. The molecule has 0 saturated carbocycles. The minimum atomic E-state index is -0.540. The number of aryl methyl sites for hydroxylation is 1. The molecule has 3 N–H and O–H groups in total. The predicted octanol–water partition coefficient (Wildman–Crippen LogP) is 2.78. The van der Waals surface area contributed by atoms with Crippen LogP contribution in [-0.2, 0) is 9.59 Å². The second-order valence-electron chi connectivity index (χ2n) is 5.87. The highest BCUT2D eigenvalue weighted by Gasteiger charge is 2.07. The van der Waals surface area contributed by atoms with Gasteiger partial charge in [0, 0.05) is 22.7 Å². The van der Waals surface area contributed by atoms with Gasteiger partial charge in [0.25, 0.3) is 11.6 Å². The van der Waals surface area contributed by atoms with Crippen molar-refractivity contribution in [2.24, 2.45) is 0 Å². The third kappa shape index (κ3) is 7.60. The molecule has 30 heavy (non-hydrogen) atoms. The highest BCUT2D eigenvalue weighted by Crippen LogP contribution is 2.21. The van der Waals surface area contributed by atoms with Crippen molar-refractivity contribution >= 4 is 56.8 Å². The number of thiocarbonyl (C=S) groups is 1. The van der Waals surface area contributed by atoms with E-state index in [1.807, 2.05) is 13.0 Å². The zero-order valence-electron chi connectivity index (χ0n) is 15.7. The molecule has 11 heteroatoms. The number of carbonyl (C=O) groups excluding carboxylic acids is 2. The first-order chi connectivity index (χ1) is 14.2. The van der Waals surface area contributed by atoms with E-state index in [2.05, 4.69) is 32.1 Å². The van der Waals surface area contributed by atoms with Gasteiger partial charge in [0.2, 0.25) is 5.91 Å². The van der Waals surface area contributed by atoms with Crippen molar-refractivity contribution < 1.29 is 19.2 Å². The van der Waals surface area contributed by atoms with Gasteiger partial charge in [-0.15, -0.1) is 0 Å². The number of nitrogens with one attached hydrogen (secondary N) is 3. The number of hydrogen-bond acceptors (Lipinski definition) is 6. The summed E-state index contributed by atoms with van der Waals surface area (Å²) in [6, 6.07) is 11.1. The summed E-state index contributed by atoms with van der Waals surface area (Å²) in [5.41, 5.74) is 6.13. The number of nitro groups is 1. The monoisotopic (exact) mass is 492 g/mol. The van der Waals surface area contributed by atoms with Crippen LogP contribution in [0, 0.1) is 17.0 Å². The lowest BCUT2D eigenvalue weighted by Gasteiger charge is -2.11. The van der Waals surface area contributed by atoms with Crippen LogP contribution in [0.15, 0.2) is 53.0 Å². The average molecular weight is 493 g/mol. The van der Waals surface area contributed by atoms with E-state index in [-0.39, 0.29) is 17.4 Å². The van der Waals surface area contributed by atoms with Gasteiger partial charge in [-0.05, 0) is 66.7 Å². The van der Waals surface area contributed by atoms with Crippen molar-refractivity contribution in [3.63, 3.8) is 0 Å². The molecule has 2 rings (SSSR count). The van der Waals surface area contributed by atoms with Crippen molar-refractivity contribution in [2.45, 2.75) is 6.92 Å². The van der Waals surface area contributed by atoms with E-state index >= 15 is 0 Å². The molecular formula is C19H17BrN4O5S. The summed E-state index contributed by atoms with van der Waals surface area (Å²) < 4.78 is 6.33. The molecule has 9 nitrogen and oxygen atoms in total. The van der Waals surface area contributed by atoms with Crippen molar-refractivity contribution in [1.82, 2.24) is 16.2 Å². The third-order valence-corrected chi connectivity index (χ3v) is 4.28. The Hall–Kier alpha value is -3.31. The molecule has 0 spiro atoms. The molecule has 156 valence electrons. The molecule has 2 aromatic carbocycles. The number of nitrogens with zero attached hydrogens (tertiary/aromatic N) is 1. The molecule has 0 unspecified atom stereocenters. The average Bonchev–Trinajstić information content (AvgIpc) is 2.70. The van der Waals surface area contributed by atoms with Gasteiger partial charge in [0.1, 0.15) is 5.75 Å². The maximum Gasteiger partial charge on any atom is 0.276 e. The fourth-order valence-electron chi connectivity index (χ4n) is 2.14.